The standard InChI is InChI=1S/C21H38O3/c1-3-4-5-6-7-8-9-10-11-12-13-14-15-16-17-18-21(23)24-19-20(2)22/h10-11,22H,2-9,12-19H2,1H3. The summed E-state index contributed by atoms with van der Waals surface area (Å²) in [5, 5.41) is 8.83. The van der Waals surface area contributed by atoms with E-state index in [1.54, 1.807) is 0 Å². The van der Waals surface area contributed by atoms with Crippen LogP contribution in [0.3, 0.4) is 0 Å². The predicted molar refractivity (Wildman–Crippen MR) is 102 cm³/mol. The van der Waals surface area contributed by atoms with Crippen LogP contribution in [0.25, 0.3) is 0 Å². The van der Waals surface area contributed by atoms with Gasteiger partial charge < -0.3 is 9.84 Å². The second-order valence-corrected chi connectivity index (χ2v) is 6.56. The van der Waals surface area contributed by atoms with Crippen LogP contribution in [0.4, 0.5) is 0 Å². The predicted octanol–water partition coefficient (Wildman–Crippen LogP) is 6.64. The van der Waals surface area contributed by atoms with E-state index in [-0.39, 0.29) is 18.3 Å². The number of rotatable bonds is 17. The number of hydrogen-bond donors (Lipinski definition) is 1. The molecular weight excluding hydrogens is 300 g/mol. The highest BCUT2D eigenvalue weighted by atomic mass is 16.5. The lowest BCUT2D eigenvalue weighted by Gasteiger charge is -2.03. The largest absolute Gasteiger partial charge is 0.509 e. The highest BCUT2D eigenvalue weighted by molar-refractivity contribution is 5.69. The van der Waals surface area contributed by atoms with Crippen molar-refractivity contribution in [3.05, 3.63) is 24.5 Å². The van der Waals surface area contributed by atoms with Crippen LogP contribution in [-0.4, -0.2) is 17.7 Å². The number of carbonyl (C=O) groups is 1. The second-order valence-electron chi connectivity index (χ2n) is 6.56. The maximum atomic E-state index is 11.3. The van der Waals surface area contributed by atoms with Crippen molar-refractivity contribution in [2.24, 2.45) is 0 Å². The molecule has 0 aliphatic rings. The van der Waals surface area contributed by atoms with Gasteiger partial charge in [0, 0.05) is 6.42 Å². The number of aliphatic hydroxyl groups is 1. The Bertz CT molecular complexity index is 334. The SMILES string of the molecule is C=C(O)COC(=O)CCCCCCCC=CCCCCCCCC. The van der Waals surface area contributed by atoms with Crippen LogP contribution in [0.15, 0.2) is 24.5 Å². The van der Waals surface area contributed by atoms with Crippen LogP contribution in [0.1, 0.15) is 96.8 Å². The second kappa shape index (κ2) is 18.1. The zero-order valence-electron chi connectivity index (χ0n) is 15.7. The van der Waals surface area contributed by atoms with Gasteiger partial charge in [-0.05, 0) is 32.1 Å². The van der Waals surface area contributed by atoms with Gasteiger partial charge in [0.25, 0.3) is 0 Å². The summed E-state index contributed by atoms with van der Waals surface area (Å²) < 4.78 is 4.82. The van der Waals surface area contributed by atoms with Crippen molar-refractivity contribution in [2.45, 2.75) is 96.8 Å². The maximum Gasteiger partial charge on any atom is 0.306 e. The number of hydrogen-bond acceptors (Lipinski definition) is 3. The molecule has 0 saturated carbocycles. The minimum absolute atomic E-state index is 0.0795. The fraction of sp³-hybridized carbons (Fsp3) is 0.762. The molecule has 0 saturated heterocycles. The molecule has 24 heavy (non-hydrogen) atoms. The van der Waals surface area contributed by atoms with Gasteiger partial charge in [-0.2, -0.15) is 0 Å². The Morgan fingerprint density at radius 3 is 1.92 bits per heavy atom. The molecule has 0 fully saturated rings. The van der Waals surface area contributed by atoms with E-state index in [9.17, 15) is 4.79 Å². The van der Waals surface area contributed by atoms with Crippen LogP contribution >= 0.6 is 0 Å². The summed E-state index contributed by atoms with van der Waals surface area (Å²) in [6.07, 6.45) is 21.3. The molecule has 1 N–H and O–H groups in total. The van der Waals surface area contributed by atoms with Gasteiger partial charge in [-0.15, -0.1) is 0 Å². The van der Waals surface area contributed by atoms with E-state index in [0.29, 0.717) is 6.42 Å². The third-order valence-electron chi connectivity index (χ3n) is 4.04. The molecule has 140 valence electrons. The van der Waals surface area contributed by atoms with Crippen molar-refractivity contribution in [3.8, 4) is 0 Å². The molecule has 0 unspecified atom stereocenters. The molecule has 0 aromatic heterocycles. The Balaban J connectivity index is 3.20. The summed E-state index contributed by atoms with van der Waals surface area (Å²) in [6.45, 7) is 5.45. The Labute approximate surface area is 149 Å². The van der Waals surface area contributed by atoms with E-state index in [2.05, 4.69) is 25.7 Å². The number of unbranched alkanes of at least 4 members (excludes halogenated alkanes) is 11. The van der Waals surface area contributed by atoms with Crippen molar-refractivity contribution in [1.82, 2.24) is 0 Å². The quantitative estimate of drug-likeness (QED) is 0.140. The van der Waals surface area contributed by atoms with E-state index in [4.69, 9.17) is 9.84 Å². The Morgan fingerprint density at radius 1 is 0.875 bits per heavy atom. The fourth-order valence-corrected chi connectivity index (χ4v) is 2.58. The van der Waals surface area contributed by atoms with E-state index in [1.165, 1.54) is 70.6 Å². The molecule has 0 bridgehead atoms. The van der Waals surface area contributed by atoms with Crippen LogP contribution < -0.4 is 0 Å². The van der Waals surface area contributed by atoms with Crippen molar-refractivity contribution in [3.63, 3.8) is 0 Å². The molecule has 0 spiro atoms. The first-order valence-corrected chi connectivity index (χ1v) is 9.84. The summed E-state index contributed by atoms with van der Waals surface area (Å²) >= 11 is 0. The summed E-state index contributed by atoms with van der Waals surface area (Å²) in [7, 11) is 0. The summed E-state index contributed by atoms with van der Waals surface area (Å²) in [6, 6.07) is 0. The zero-order chi connectivity index (χ0) is 17.9. The molecule has 0 radical (unpaired) electrons. The molecule has 0 rings (SSSR count). The van der Waals surface area contributed by atoms with Gasteiger partial charge in [-0.3, -0.25) is 4.79 Å². The molecular formula is C21H38O3. The molecule has 0 aliphatic carbocycles. The van der Waals surface area contributed by atoms with Crippen molar-refractivity contribution in [1.29, 1.82) is 0 Å². The molecule has 0 aromatic rings. The van der Waals surface area contributed by atoms with Gasteiger partial charge >= 0.3 is 5.97 Å². The minimum Gasteiger partial charge on any atom is -0.509 e. The fourth-order valence-electron chi connectivity index (χ4n) is 2.58. The van der Waals surface area contributed by atoms with E-state index < -0.39 is 0 Å². The van der Waals surface area contributed by atoms with Crippen LogP contribution in [-0.2, 0) is 9.53 Å². The smallest absolute Gasteiger partial charge is 0.306 e. The topological polar surface area (TPSA) is 46.5 Å². The lowest BCUT2D eigenvalue weighted by molar-refractivity contribution is -0.143. The molecule has 0 aromatic carbocycles. The highest BCUT2D eigenvalue weighted by Gasteiger charge is 2.02. The first-order valence-electron chi connectivity index (χ1n) is 9.84. The van der Waals surface area contributed by atoms with Gasteiger partial charge in [0.2, 0.25) is 0 Å². The molecule has 0 atom stereocenters. The first kappa shape index (κ1) is 22.8. The number of ether oxygens (including phenoxy) is 1. The van der Waals surface area contributed by atoms with E-state index >= 15 is 0 Å². The lowest BCUT2D eigenvalue weighted by Crippen LogP contribution is -2.06. The maximum absolute atomic E-state index is 11.3. The van der Waals surface area contributed by atoms with Crippen molar-refractivity contribution in [2.75, 3.05) is 6.61 Å². The Morgan fingerprint density at radius 2 is 1.38 bits per heavy atom. The molecule has 3 heteroatoms. The minimum atomic E-state index is -0.247. The van der Waals surface area contributed by atoms with Crippen LogP contribution in [0.2, 0.25) is 0 Å². The molecule has 0 heterocycles. The number of aliphatic hydroxyl groups excluding tert-OH is 1. The third-order valence-corrected chi connectivity index (χ3v) is 4.04. The van der Waals surface area contributed by atoms with E-state index in [0.717, 1.165) is 12.8 Å². The van der Waals surface area contributed by atoms with Gasteiger partial charge in [0.1, 0.15) is 12.4 Å². The molecule has 0 aliphatic heterocycles. The highest BCUT2D eigenvalue weighted by Crippen LogP contribution is 2.10. The summed E-state index contributed by atoms with van der Waals surface area (Å²) in [5.41, 5.74) is 0. The van der Waals surface area contributed by atoms with Crippen molar-refractivity contribution < 1.29 is 14.6 Å². The number of carbonyl (C=O) groups excluding carboxylic acids is 1. The Hall–Kier alpha value is -1.25. The first-order chi connectivity index (χ1) is 11.7. The average Bonchev–Trinajstić information content (AvgIpc) is 2.56. The normalized spacial score (nSPS) is 11.0. The summed E-state index contributed by atoms with van der Waals surface area (Å²) in [5.74, 6) is -0.351. The van der Waals surface area contributed by atoms with Crippen molar-refractivity contribution >= 4 is 5.97 Å². The van der Waals surface area contributed by atoms with Gasteiger partial charge in [-0.25, -0.2) is 0 Å². The monoisotopic (exact) mass is 338 g/mol. The Kier molecular flexibility index (Phi) is 17.2. The number of esters is 1. The van der Waals surface area contributed by atoms with Crippen LogP contribution in [0, 0.1) is 0 Å². The average molecular weight is 339 g/mol. The number of allylic oxidation sites excluding steroid dienone is 2. The lowest BCUT2D eigenvalue weighted by atomic mass is 10.1. The van der Waals surface area contributed by atoms with Crippen LogP contribution in [0.5, 0.6) is 0 Å². The van der Waals surface area contributed by atoms with Gasteiger partial charge in [-0.1, -0.05) is 77.0 Å². The molecule has 0 amide bonds. The van der Waals surface area contributed by atoms with Gasteiger partial charge in [0.05, 0.1) is 0 Å². The summed E-state index contributed by atoms with van der Waals surface area (Å²) in [4.78, 5) is 11.3. The zero-order valence-corrected chi connectivity index (χ0v) is 15.7. The molecule has 3 nitrogen and oxygen atoms in total. The van der Waals surface area contributed by atoms with Gasteiger partial charge in [0.15, 0.2) is 0 Å². The third kappa shape index (κ3) is 18.8. The van der Waals surface area contributed by atoms with E-state index in [1.807, 2.05) is 0 Å².